The molecule has 0 amide bonds. The van der Waals surface area contributed by atoms with Gasteiger partial charge in [-0.15, -0.1) is 0 Å². The molecule has 2 N–H and O–H groups in total. The number of allylic oxidation sites excluding steroid dienone is 2. The Morgan fingerprint density at radius 3 is 2.53 bits per heavy atom. The van der Waals surface area contributed by atoms with E-state index in [-0.39, 0.29) is 6.04 Å². The van der Waals surface area contributed by atoms with Gasteiger partial charge in [0.25, 0.3) is 0 Å². The second-order valence-corrected chi connectivity index (χ2v) is 6.23. The maximum atomic E-state index is 6.29. The molecule has 0 aliphatic heterocycles. The Hall–Kier alpha value is -0.560. The van der Waals surface area contributed by atoms with Crippen LogP contribution in [0.2, 0.25) is 0 Å². The SMILES string of the molecule is C/C=C\C(N)C(C)C1=C(C)C(C)CC12CCC2. The largest absolute Gasteiger partial charge is 0.324 e. The summed E-state index contributed by atoms with van der Waals surface area (Å²) in [6, 6.07) is 0.188. The van der Waals surface area contributed by atoms with Gasteiger partial charge in [0.15, 0.2) is 0 Å². The van der Waals surface area contributed by atoms with Gasteiger partial charge in [0, 0.05) is 6.04 Å². The van der Waals surface area contributed by atoms with E-state index in [1.165, 1.54) is 25.7 Å². The fraction of sp³-hybridized carbons (Fsp3) is 0.750. The predicted molar refractivity (Wildman–Crippen MR) is 74.7 cm³/mol. The predicted octanol–water partition coefficient (Wildman–Crippen LogP) is 4.05. The van der Waals surface area contributed by atoms with Crippen LogP contribution in [0.5, 0.6) is 0 Å². The van der Waals surface area contributed by atoms with Crippen molar-refractivity contribution in [1.82, 2.24) is 0 Å². The molecule has 3 unspecified atom stereocenters. The lowest BCUT2D eigenvalue weighted by atomic mass is 9.61. The van der Waals surface area contributed by atoms with Gasteiger partial charge in [-0.1, -0.05) is 43.6 Å². The fourth-order valence-corrected chi connectivity index (χ4v) is 4.03. The molecule has 1 heteroatoms. The van der Waals surface area contributed by atoms with E-state index in [1.54, 1.807) is 11.1 Å². The molecule has 1 fully saturated rings. The van der Waals surface area contributed by atoms with Crippen molar-refractivity contribution >= 4 is 0 Å². The van der Waals surface area contributed by atoms with Crippen LogP contribution in [0.3, 0.4) is 0 Å². The van der Waals surface area contributed by atoms with Crippen LogP contribution in [-0.2, 0) is 0 Å². The van der Waals surface area contributed by atoms with E-state index in [1.807, 2.05) is 0 Å². The number of hydrogen-bond donors (Lipinski definition) is 1. The molecule has 17 heavy (non-hydrogen) atoms. The highest BCUT2D eigenvalue weighted by Crippen LogP contribution is 2.60. The summed E-state index contributed by atoms with van der Waals surface area (Å²) in [5.74, 6) is 1.28. The number of nitrogens with two attached hydrogens (primary N) is 1. The van der Waals surface area contributed by atoms with Gasteiger partial charge >= 0.3 is 0 Å². The van der Waals surface area contributed by atoms with Crippen LogP contribution in [0.4, 0.5) is 0 Å². The smallest absolute Gasteiger partial charge is 0.0287 e. The summed E-state index contributed by atoms with van der Waals surface area (Å²) in [6.07, 6.45) is 9.83. The van der Waals surface area contributed by atoms with E-state index in [0.29, 0.717) is 11.3 Å². The van der Waals surface area contributed by atoms with Crippen molar-refractivity contribution in [3.63, 3.8) is 0 Å². The molecule has 0 bridgehead atoms. The molecule has 0 heterocycles. The molecular formula is C16H27N. The van der Waals surface area contributed by atoms with Gasteiger partial charge in [-0.25, -0.2) is 0 Å². The lowest BCUT2D eigenvalue weighted by Crippen LogP contribution is -2.37. The molecule has 1 spiro atoms. The Morgan fingerprint density at radius 1 is 1.41 bits per heavy atom. The second kappa shape index (κ2) is 4.61. The Labute approximate surface area is 106 Å². The third-order valence-electron chi connectivity index (χ3n) is 5.19. The molecule has 2 aliphatic carbocycles. The van der Waals surface area contributed by atoms with Crippen molar-refractivity contribution in [2.45, 2.75) is 59.4 Å². The van der Waals surface area contributed by atoms with Crippen LogP contribution in [-0.4, -0.2) is 6.04 Å². The summed E-state index contributed by atoms with van der Waals surface area (Å²) in [5, 5.41) is 0. The molecule has 0 radical (unpaired) electrons. The normalized spacial score (nSPS) is 31.0. The lowest BCUT2D eigenvalue weighted by molar-refractivity contribution is 0.157. The Balaban J connectivity index is 2.27. The average molecular weight is 233 g/mol. The molecule has 0 aromatic rings. The summed E-state index contributed by atoms with van der Waals surface area (Å²) in [4.78, 5) is 0. The first-order valence-electron chi connectivity index (χ1n) is 7.11. The van der Waals surface area contributed by atoms with E-state index < -0.39 is 0 Å². The highest BCUT2D eigenvalue weighted by Gasteiger charge is 2.48. The van der Waals surface area contributed by atoms with Gasteiger partial charge in [-0.3, -0.25) is 0 Å². The van der Waals surface area contributed by atoms with E-state index in [9.17, 15) is 0 Å². The van der Waals surface area contributed by atoms with Crippen molar-refractivity contribution in [1.29, 1.82) is 0 Å². The number of hydrogen-bond acceptors (Lipinski definition) is 1. The van der Waals surface area contributed by atoms with Crippen LogP contribution in [0, 0.1) is 17.3 Å². The van der Waals surface area contributed by atoms with Crippen molar-refractivity contribution in [3.8, 4) is 0 Å². The van der Waals surface area contributed by atoms with Gasteiger partial charge in [-0.05, 0) is 50.4 Å². The summed E-state index contributed by atoms with van der Waals surface area (Å²) in [7, 11) is 0. The van der Waals surface area contributed by atoms with E-state index in [0.717, 1.165) is 5.92 Å². The van der Waals surface area contributed by atoms with Gasteiger partial charge in [0.2, 0.25) is 0 Å². The van der Waals surface area contributed by atoms with Gasteiger partial charge in [0.1, 0.15) is 0 Å². The van der Waals surface area contributed by atoms with Crippen molar-refractivity contribution < 1.29 is 0 Å². The monoisotopic (exact) mass is 233 g/mol. The zero-order valence-corrected chi connectivity index (χ0v) is 11.8. The number of rotatable bonds is 3. The minimum absolute atomic E-state index is 0.188. The third kappa shape index (κ3) is 1.99. The summed E-state index contributed by atoms with van der Waals surface area (Å²) in [5.41, 5.74) is 10.2. The maximum absolute atomic E-state index is 6.29. The standard InChI is InChI=1S/C16H27N/c1-5-7-14(17)13(4)15-12(3)11(2)10-16(15)8-6-9-16/h5,7,11,13-14H,6,8-10,17H2,1-4H3/b7-5-. The van der Waals surface area contributed by atoms with Gasteiger partial charge in [-0.2, -0.15) is 0 Å². The van der Waals surface area contributed by atoms with Crippen LogP contribution in [0.25, 0.3) is 0 Å². The molecular weight excluding hydrogens is 206 g/mol. The van der Waals surface area contributed by atoms with E-state index in [4.69, 9.17) is 5.73 Å². The fourth-order valence-electron chi connectivity index (χ4n) is 4.03. The molecule has 96 valence electrons. The topological polar surface area (TPSA) is 26.0 Å². The molecule has 0 aromatic carbocycles. The summed E-state index contributed by atoms with van der Waals surface area (Å²) in [6.45, 7) is 9.11. The molecule has 1 nitrogen and oxygen atoms in total. The maximum Gasteiger partial charge on any atom is 0.0287 e. The zero-order chi connectivity index (χ0) is 12.6. The summed E-state index contributed by atoms with van der Waals surface area (Å²) >= 11 is 0. The van der Waals surface area contributed by atoms with Crippen LogP contribution < -0.4 is 5.73 Å². The van der Waals surface area contributed by atoms with Crippen LogP contribution in [0.1, 0.15) is 53.4 Å². The highest BCUT2D eigenvalue weighted by molar-refractivity contribution is 5.34. The minimum atomic E-state index is 0.188. The minimum Gasteiger partial charge on any atom is -0.324 e. The molecule has 0 aromatic heterocycles. The highest BCUT2D eigenvalue weighted by atomic mass is 14.7. The van der Waals surface area contributed by atoms with Crippen molar-refractivity contribution in [2.24, 2.45) is 23.0 Å². The zero-order valence-electron chi connectivity index (χ0n) is 11.8. The lowest BCUT2D eigenvalue weighted by Gasteiger charge is -2.44. The second-order valence-electron chi connectivity index (χ2n) is 6.23. The van der Waals surface area contributed by atoms with Gasteiger partial charge in [0.05, 0.1) is 0 Å². The van der Waals surface area contributed by atoms with Crippen molar-refractivity contribution in [3.05, 3.63) is 23.3 Å². The molecule has 2 aliphatic rings. The molecule has 3 atom stereocenters. The Bertz CT molecular complexity index is 347. The molecule has 1 saturated carbocycles. The van der Waals surface area contributed by atoms with E-state index in [2.05, 4.69) is 39.8 Å². The van der Waals surface area contributed by atoms with Gasteiger partial charge < -0.3 is 5.73 Å². The molecule has 0 saturated heterocycles. The quantitative estimate of drug-likeness (QED) is 0.731. The first kappa shape index (κ1) is 12.9. The third-order valence-corrected chi connectivity index (χ3v) is 5.19. The van der Waals surface area contributed by atoms with Crippen molar-refractivity contribution in [2.75, 3.05) is 0 Å². The average Bonchev–Trinajstić information content (AvgIpc) is 2.51. The van der Waals surface area contributed by atoms with E-state index >= 15 is 0 Å². The first-order valence-corrected chi connectivity index (χ1v) is 7.11. The first-order chi connectivity index (χ1) is 8.02. The Morgan fingerprint density at radius 2 is 2.06 bits per heavy atom. The summed E-state index contributed by atoms with van der Waals surface area (Å²) < 4.78 is 0. The Kier molecular flexibility index (Phi) is 3.49. The van der Waals surface area contributed by atoms with Crippen LogP contribution in [0.15, 0.2) is 23.3 Å². The van der Waals surface area contributed by atoms with Crippen LogP contribution >= 0.6 is 0 Å². The molecule has 2 rings (SSSR count).